The molecule has 2 aromatic rings. The maximum Gasteiger partial charge on any atom is 0.339 e. The van der Waals surface area contributed by atoms with Gasteiger partial charge < -0.3 is 33.2 Å². The van der Waals surface area contributed by atoms with Gasteiger partial charge in [0, 0.05) is 23.3 Å². The van der Waals surface area contributed by atoms with Crippen LogP contribution in [0.15, 0.2) is 86.0 Å². The SMILES string of the molecule is C=CCOc1cc(C)c(C(C)=O)c(/C=C/CC2OC(C)(C)OC2C(C)/C=C\[C@@H](C)C(C)C)c1.C=CCOc1cc(C)c2c(c1)/C=C/CC1OC(C)(C)OC1C(C)/C=C\[C@@H](C)C(C)OC2=O. The number of hydrogen-bond donors (Lipinski definition) is 0. The van der Waals surface area contributed by atoms with Gasteiger partial charge in [0.05, 0.1) is 30.0 Å². The Balaban J connectivity index is 0.000000285. The van der Waals surface area contributed by atoms with Gasteiger partial charge in [-0.1, -0.05) is 115 Å². The average molecular weight is 895 g/mol. The van der Waals surface area contributed by atoms with Crippen molar-refractivity contribution < 1.29 is 42.7 Å². The summed E-state index contributed by atoms with van der Waals surface area (Å²) < 4.78 is 42.3. The summed E-state index contributed by atoms with van der Waals surface area (Å²) in [5.74, 6) is 1.48. The monoisotopic (exact) mass is 895 g/mol. The van der Waals surface area contributed by atoms with Crippen LogP contribution in [0.4, 0.5) is 0 Å². The molecule has 3 aliphatic rings. The minimum atomic E-state index is -0.628. The normalized spacial score (nSPS) is 27.1. The van der Waals surface area contributed by atoms with Crippen molar-refractivity contribution in [2.24, 2.45) is 29.6 Å². The lowest BCUT2D eigenvalue weighted by atomic mass is 9.92. The minimum absolute atomic E-state index is 0.0310. The van der Waals surface area contributed by atoms with Crippen molar-refractivity contribution in [3.05, 3.63) is 119 Å². The number of hydrogen-bond acceptors (Lipinski definition) is 9. The zero-order valence-electron chi connectivity index (χ0n) is 41.8. The zero-order valence-corrected chi connectivity index (χ0v) is 41.8. The second-order valence-corrected chi connectivity index (χ2v) is 19.3. The maximum atomic E-state index is 13.1. The number of ether oxygens (including phenoxy) is 7. The maximum absolute atomic E-state index is 13.1. The number of fused-ring (bicyclic) bond motifs is 2. The van der Waals surface area contributed by atoms with Gasteiger partial charge in [-0.15, -0.1) is 0 Å². The van der Waals surface area contributed by atoms with E-state index < -0.39 is 11.6 Å². The van der Waals surface area contributed by atoms with Crippen LogP contribution in [0.2, 0.25) is 0 Å². The predicted molar refractivity (Wildman–Crippen MR) is 263 cm³/mol. The fourth-order valence-electron chi connectivity index (χ4n) is 8.33. The molecule has 3 aliphatic heterocycles. The second-order valence-electron chi connectivity index (χ2n) is 19.3. The van der Waals surface area contributed by atoms with Crippen LogP contribution in [0.1, 0.15) is 139 Å². The molecular formula is C56H78O9. The van der Waals surface area contributed by atoms with Crippen LogP contribution in [0, 0.1) is 43.4 Å². The summed E-state index contributed by atoms with van der Waals surface area (Å²) in [7, 11) is 0. The van der Waals surface area contributed by atoms with E-state index in [1.54, 1.807) is 19.1 Å². The van der Waals surface area contributed by atoms with Crippen molar-refractivity contribution in [3.63, 3.8) is 0 Å². The molecule has 0 spiro atoms. The number of benzene rings is 2. The van der Waals surface area contributed by atoms with Crippen LogP contribution in [0.25, 0.3) is 12.2 Å². The number of ketones is 1. The predicted octanol–water partition coefficient (Wildman–Crippen LogP) is 13.0. The Morgan fingerprint density at radius 3 is 2.08 bits per heavy atom. The van der Waals surface area contributed by atoms with Gasteiger partial charge >= 0.3 is 5.97 Å². The molecule has 0 aliphatic carbocycles. The van der Waals surface area contributed by atoms with Gasteiger partial charge in [-0.25, -0.2) is 4.79 Å². The Kier molecular flexibility index (Phi) is 19.4. The quantitative estimate of drug-likeness (QED) is 0.104. The molecule has 0 bridgehead atoms. The highest BCUT2D eigenvalue weighted by molar-refractivity contribution is 5.99. The molecule has 0 N–H and O–H groups in total. The molecule has 9 atom stereocenters. The van der Waals surface area contributed by atoms with Crippen molar-refractivity contribution in [2.75, 3.05) is 13.2 Å². The van der Waals surface area contributed by atoms with Crippen molar-refractivity contribution in [1.29, 1.82) is 0 Å². The summed E-state index contributed by atoms with van der Waals surface area (Å²) in [6.45, 7) is 36.5. The van der Waals surface area contributed by atoms with E-state index in [9.17, 15) is 9.59 Å². The Labute approximate surface area is 391 Å². The summed E-state index contributed by atoms with van der Waals surface area (Å²) >= 11 is 0. The smallest absolute Gasteiger partial charge is 0.339 e. The topological polar surface area (TPSA) is 98.8 Å². The largest absolute Gasteiger partial charge is 0.490 e. The van der Waals surface area contributed by atoms with Gasteiger partial charge in [-0.2, -0.15) is 0 Å². The van der Waals surface area contributed by atoms with E-state index in [0.29, 0.717) is 49.2 Å². The third-order valence-corrected chi connectivity index (χ3v) is 12.3. The molecule has 0 radical (unpaired) electrons. The lowest BCUT2D eigenvalue weighted by Crippen LogP contribution is -2.29. The first kappa shape index (κ1) is 53.1. The van der Waals surface area contributed by atoms with E-state index in [1.165, 1.54) is 0 Å². The molecule has 2 aromatic carbocycles. The minimum Gasteiger partial charge on any atom is -0.490 e. The van der Waals surface area contributed by atoms with Crippen LogP contribution in [-0.2, 0) is 23.7 Å². The molecule has 5 rings (SSSR count). The number of rotatable bonds is 14. The molecule has 65 heavy (non-hydrogen) atoms. The van der Waals surface area contributed by atoms with Crippen molar-refractivity contribution >= 4 is 23.9 Å². The molecule has 9 nitrogen and oxygen atoms in total. The van der Waals surface area contributed by atoms with Crippen LogP contribution >= 0.6 is 0 Å². The first-order valence-electron chi connectivity index (χ1n) is 23.5. The summed E-state index contributed by atoms with van der Waals surface area (Å²) in [5.41, 5.74) is 4.62. The molecule has 2 saturated heterocycles. The summed E-state index contributed by atoms with van der Waals surface area (Å²) in [4.78, 5) is 25.4. The number of carbonyl (C=O) groups excluding carboxylic acids is 2. The molecule has 0 aromatic heterocycles. The number of esters is 1. The highest BCUT2D eigenvalue weighted by atomic mass is 16.8. The van der Waals surface area contributed by atoms with Crippen LogP contribution < -0.4 is 9.47 Å². The molecular weight excluding hydrogens is 817 g/mol. The summed E-state index contributed by atoms with van der Waals surface area (Å²) in [6, 6.07) is 7.55. The number of aryl methyl sites for hydroxylation is 2. The van der Waals surface area contributed by atoms with E-state index in [1.807, 2.05) is 91.0 Å². The van der Waals surface area contributed by atoms with E-state index in [2.05, 4.69) is 85.1 Å². The molecule has 7 unspecified atom stereocenters. The number of Topliss-reactive ketones (excluding diaryl/α,β-unsaturated/α-hetero) is 1. The van der Waals surface area contributed by atoms with E-state index >= 15 is 0 Å². The number of cyclic esters (lactones) is 1. The van der Waals surface area contributed by atoms with Crippen LogP contribution in [0.5, 0.6) is 11.5 Å². The lowest BCUT2D eigenvalue weighted by molar-refractivity contribution is -0.148. The van der Waals surface area contributed by atoms with E-state index in [4.69, 9.17) is 33.2 Å². The summed E-state index contributed by atoms with van der Waals surface area (Å²) in [5, 5.41) is 0. The van der Waals surface area contributed by atoms with Crippen LogP contribution in [0.3, 0.4) is 0 Å². The fourth-order valence-corrected chi connectivity index (χ4v) is 8.33. The molecule has 3 heterocycles. The Hall–Kier alpha value is -4.54. The van der Waals surface area contributed by atoms with E-state index in [0.717, 1.165) is 33.6 Å². The second kappa shape index (κ2) is 23.8. The molecule has 2 fully saturated rings. The third kappa shape index (κ3) is 15.3. The van der Waals surface area contributed by atoms with Crippen molar-refractivity contribution in [1.82, 2.24) is 0 Å². The van der Waals surface area contributed by atoms with Gasteiger partial charge in [0.15, 0.2) is 17.4 Å². The highest BCUT2D eigenvalue weighted by Crippen LogP contribution is 2.37. The molecule has 356 valence electrons. The van der Waals surface area contributed by atoms with Gasteiger partial charge in [0.2, 0.25) is 0 Å². The molecule has 9 heteroatoms. The Morgan fingerprint density at radius 1 is 0.831 bits per heavy atom. The Morgan fingerprint density at radius 2 is 1.45 bits per heavy atom. The first-order valence-corrected chi connectivity index (χ1v) is 23.5. The Bertz CT molecular complexity index is 2070. The lowest BCUT2D eigenvalue weighted by Gasteiger charge is -2.23. The number of allylic oxidation sites excluding steroid dienone is 1. The van der Waals surface area contributed by atoms with Crippen LogP contribution in [-0.4, -0.2) is 67.1 Å². The highest BCUT2D eigenvalue weighted by Gasteiger charge is 2.43. The van der Waals surface area contributed by atoms with E-state index in [-0.39, 0.29) is 60.0 Å². The average Bonchev–Trinajstić information content (AvgIpc) is 3.72. The first-order chi connectivity index (χ1) is 30.6. The van der Waals surface area contributed by atoms with Gasteiger partial charge in [0.25, 0.3) is 0 Å². The van der Waals surface area contributed by atoms with Gasteiger partial charge in [-0.3, -0.25) is 4.79 Å². The molecule has 0 saturated carbocycles. The molecule has 0 amide bonds. The van der Waals surface area contributed by atoms with Gasteiger partial charge in [0.1, 0.15) is 30.8 Å². The van der Waals surface area contributed by atoms with Crippen molar-refractivity contribution in [2.45, 2.75) is 152 Å². The zero-order chi connectivity index (χ0) is 48.2. The number of carbonyl (C=O) groups is 2. The van der Waals surface area contributed by atoms with Crippen molar-refractivity contribution in [3.8, 4) is 11.5 Å². The van der Waals surface area contributed by atoms with Gasteiger partial charge in [-0.05, 0) is 127 Å². The standard InChI is InChI=1S/C29H42O4.C27H36O5/c1-10-16-31-25-17-22(6)27(23(7)30)24(18-25)12-11-13-26-28(33-29(8,9)32-26)21(5)15-14-20(4)19(2)3;1-8-14-29-22-15-19(4)24-21(16-22)10-9-11-23-25(32-27(6,7)31-23)18(3)13-12-17(2)20(5)30-26(24)28/h10-12,14-15,17-21,26,28H,1,13,16H2,2-9H3;8-10,12-13,15-18,20,23,25H,1,11,14H2,2-7H3/b12-11+,15-14-;10-9+,13-12-/t20-,21?,26?,28?;17-,18?,20?,23?,25?/m11/s1. The summed E-state index contributed by atoms with van der Waals surface area (Å²) in [6.07, 6.45) is 21.1. The fraction of sp³-hybridized carbons (Fsp3) is 0.536. The third-order valence-electron chi connectivity index (χ3n) is 12.3.